The molecule has 0 spiro atoms. The Hall–Kier alpha value is -11.2. The number of fused-ring (bicyclic) bond motifs is 19. The molecule has 18 rings (SSSR count). The van der Waals surface area contributed by atoms with Gasteiger partial charge in [-0.15, -0.1) is 11.3 Å². The molecule has 378 valence electrons. The Labute approximate surface area is 471 Å². The predicted molar refractivity (Wildman–Crippen MR) is 340 cm³/mol. The summed E-state index contributed by atoms with van der Waals surface area (Å²) in [6, 6.07) is 88.6. The minimum absolute atomic E-state index is 0.350. The summed E-state index contributed by atoms with van der Waals surface area (Å²) in [6.45, 7) is 9.89. The molecule has 0 unspecified atom stereocenters. The zero-order chi connectivity index (χ0) is 53.9. The van der Waals surface area contributed by atoms with Gasteiger partial charge in [0.15, 0.2) is 0 Å². The highest BCUT2D eigenvalue weighted by Crippen LogP contribution is 2.54. The van der Waals surface area contributed by atoms with E-state index in [1.54, 1.807) is 11.3 Å². The Morgan fingerprint density at radius 1 is 0.378 bits per heavy atom. The Balaban J connectivity index is 1.13. The summed E-state index contributed by atoms with van der Waals surface area (Å²) in [4.78, 5) is 4.82. The molecular weight excluding hydrogens is 1020 g/mol. The number of aromatic nitrogens is 4. The highest BCUT2D eigenvalue weighted by Gasteiger charge is 2.35. The molecule has 0 fully saturated rings. The third-order valence-electron chi connectivity index (χ3n) is 17.2. The van der Waals surface area contributed by atoms with Gasteiger partial charge in [0.05, 0.1) is 83.7 Å². The molecule has 0 bridgehead atoms. The molecule has 82 heavy (non-hydrogen) atoms. The van der Waals surface area contributed by atoms with Gasteiger partial charge in [-0.2, -0.15) is 5.26 Å². The molecule has 12 aromatic carbocycles. The zero-order valence-electron chi connectivity index (χ0n) is 43.6. The van der Waals surface area contributed by atoms with E-state index >= 15 is 0 Å². The second-order valence-corrected chi connectivity index (χ2v) is 22.3. The second kappa shape index (κ2) is 16.7. The summed E-state index contributed by atoms with van der Waals surface area (Å²) < 4.78 is 18.1. The van der Waals surface area contributed by atoms with Crippen LogP contribution in [0.25, 0.3) is 168 Å². The van der Waals surface area contributed by atoms with Gasteiger partial charge >= 0.3 is 0 Å². The monoisotopic (exact) mass is 1060 g/mol. The van der Waals surface area contributed by atoms with Crippen molar-refractivity contribution in [1.82, 2.24) is 18.3 Å². The van der Waals surface area contributed by atoms with Crippen molar-refractivity contribution in [2.24, 2.45) is 0 Å². The van der Waals surface area contributed by atoms with Crippen molar-refractivity contribution in [2.45, 2.75) is 0 Å². The van der Waals surface area contributed by atoms with E-state index < -0.39 is 0 Å². The summed E-state index contributed by atoms with van der Waals surface area (Å²) in [5.74, 6) is 0. The average molecular weight is 1060 g/mol. The van der Waals surface area contributed by atoms with Gasteiger partial charge in [-0.05, 0) is 77.9 Å². The van der Waals surface area contributed by atoms with E-state index in [0.29, 0.717) is 34.0 Å². The number of thiophene rings is 1. The first-order valence-electron chi connectivity index (χ1n) is 27.4. The number of para-hydroxylation sites is 7. The van der Waals surface area contributed by atoms with E-state index in [1.165, 1.54) is 10.1 Å². The molecule has 0 amide bonds. The fraction of sp³-hybridized carbons (Fsp3) is 0. The van der Waals surface area contributed by atoms with Gasteiger partial charge in [0.1, 0.15) is 17.2 Å². The molecule has 0 saturated carbocycles. The standard InChI is InChI=1S/C74H40N6OS/c1-76-68-69(77-57-28-10-2-19-45(57)46-20-3-11-29-58(46)77)56(42-75)70(78-59-30-12-4-21-47(59)48-22-5-13-31-60(48)78)73(72(68)79-61-32-14-6-23-49(61)50-24-7-15-33-62(50)79)80-63-40-37-43(44-27-18-35-65-67(44)54-26-8-16-34-64(54)81-65)41-55(63)52-38-39-53-51-25-9-17-36-66(51)82-74(53)71(52)80/h2-41H. The normalized spacial score (nSPS) is 12.1. The summed E-state index contributed by atoms with van der Waals surface area (Å²) in [6.07, 6.45) is 0. The molecule has 0 atom stereocenters. The van der Waals surface area contributed by atoms with Crippen LogP contribution in [0, 0.1) is 17.9 Å². The third kappa shape index (κ3) is 5.84. The second-order valence-electron chi connectivity index (χ2n) is 21.2. The van der Waals surface area contributed by atoms with Gasteiger partial charge in [0, 0.05) is 69.3 Å². The van der Waals surface area contributed by atoms with Crippen LogP contribution in [0.15, 0.2) is 247 Å². The minimum atomic E-state index is 0.350. The number of hydrogen-bond acceptors (Lipinski definition) is 3. The fourth-order valence-electron chi connectivity index (χ4n) is 13.9. The van der Waals surface area contributed by atoms with Gasteiger partial charge in [0.2, 0.25) is 5.69 Å². The summed E-state index contributed by atoms with van der Waals surface area (Å²) >= 11 is 1.78. The number of nitriles is 1. The van der Waals surface area contributed by atoms with Gasteiger partial charge in [-0.3, -0.25) is 0 Å². The van der Waals surface area contributed by atoms with Crippen LogP contribution in [-0.4, -0.2) is 18.3 Å². The van der Waals surface area contributed by atoms with Crippen LogP contribution in [0.5, 0.6) is 0 Å². The van der Waals surface area contributed by atoms with E-state index in [1.807, 2.05) is 12.1 Å². The Morgan fingerprint density at radius 2 is 0.841 bits per heavy atom. The lowest BCUT2D eigenvalue weighted by Crippen LogP contribution is -2.14. The van der Waals surface area contributed by atoms with Crippen molar-refractivity contribution in [3.05, 3.63) is 260 Å². The average Bonchev–Trinajstić information content (AvgIpc) is 1.78. The molecule has 8 heteroatoms. The van der Waals surface area contributed by atoms with E-state index in [2.05, 4.69) is 255 Å². The van der Waals surface area contributed by atoms with Crippen LogP contribution in [-0.2, 0) is 0 Å². The molecule has 0 aliphatic carbocycles. The molecule has 0 saturated heterocycles. The maximum atomic E-state index is 12.7. The van der Waals surface area contributed by atoms with Crippen molar-refractivity contribution in [2.75, 3.05) is 0 Å². The summed E-state index contributed by atoms with van der Waals surface area (Å²) in [7, 11) is 0. The van der Waals surface area contributed by atoms with Crippen LogP contribution >= 0.6 is 11.3 Å². The Morgan fingerprint density at radius 3 is 1.40 bits per heavy atom. The zero-order valence-corrected chi connectivity index (χ0v) is 44.4. The molecule has 7 nitrogen and oxygen atoms in total. The Bertz CT molecular complexity index is 5630. The van der Waals surface area contributed by atoms with E-state index in [4.69, 9.17) is 9.26 Å². The smallest absolute Gasteiger partial charge is 0.237 e. The van der Waals surface area contributed by atoms with Gasteiger partial charge in [0.25, 0.3) is 0 Å². The molecule has 0 radical (unpaired) electrons. The van der Waals surface area contributed by atoms with Crippen molar-refractivity contribution >= 4 is 146 Å². The molecule has 6 heterocycles. The number of hydrogen-bond donors (Lipinski definition) is 0. The maximum absolute atomic E-state index is 12.7. The van der Waals surface area contributed by atoms with Crippen LogP contribution in [0.2, 0.25) is 0 Å². The molecule has 0 aliphatic heterocycles. The third-order valence-corrected chi connectivity index (χ3v) is 18.4. The fourth-order valence-corrected chi connectivity index (χ4v) is 15.2. The van der Waals surface area contributed by atoms with Crippen LogP contribution in [0.3, 0.4) is 0 Å². The van der Waals surface area contributed by atoms with Crippen molar-refractivity contribution in [3.8, 4) is 39.9 Å². The first kappa shape index (κ1) is 44.8. The topological polar surface area (TPSA) is 61.0 Å². The first-order chi connectivity index (χ1) is 40.7. The van der Waals surface area contributed by atoms with Crippen LogP contribution in [0.4, 0.5) is 5.69 Å². The number of furan rings is 1. The molecule has 18 aromatic rings. The predicted octanol–water partition coefficient (Wildman–Crippen LogP) is 20.4. The highest BCUT2D eigenvalue weighted by molar-refractivity contribution is 7.26. The largest absolute Gasteiger partial charge is 0.456 e. The van der Waals surface area contributed by atoms with Crippen molar-refractivity contribution < 1.29 is 4.42 Å². The highest BCUT2D eigenvalue weighted by atomic mass is 32.1. The minimum Gasteiger partial charge on any atom is -0.456 e. The SMILES string of the molecule is [C-]#[N+]c1c(-n2c3ccccc3c3ccccc32)c(C#N)c(-n2c3ccccc3c3ccccc32)c(-n2c3ccc(-c4cccc5oc6ccccc6c45)cc3c3ccc4c5ccccc5sc4c32)c1-n1c2ccccc2c2ccccc21. The van der Waals surface area contributed by atoms with Crippen molar-refractivity contribution in [3.63, 3.8) is 0 Å². The van der Waals surface area contributed by atoms with Gasteiger partial charge < -0.3 is 22.7 Å². The van der Waals surface area contributed by atoms with Crippen LogP contribution in [0.1, 0.15) is 5.56 Å². The quantitative estimate of drug-likeness (QED) is 0.161. The van der Waals surface area contributed by atoms with E-state index in [0.717, 1.165) is 130 Å². The number of nitrogens with zero attached hydrogens (tertiary/aromatic N) is 6. The lowest BCUT2D eigenvalue weighted by molar-refractivity contribution is 0.669. The Kier molecular flexibility index (Phi) is 9.11. The number of rotatable bonds is 5. The molecule has 0 aliphatic rings. The lowest BCUT2D eigenvalue weighted by atomic mass is 9.97. The van der Waals surface area contributed by atoms with Crippen LogP contribution < -0.4 is 0 Å². The van der Waals surface area contributed by atoms with E-state index in [-0.39, 0.29) is 0 Å². The first-order valence-corrected chi connectivity index (χ1v) is 28.2. The maximum Gasteiger partial charge on any atom is 0.237 e. The summed E-state index contributed by atoms with van der Waals surface area (Å²) in [5.41, 5.74) is 14.6. The van der Waals surface area contributed by atoms with Gasteiger partial charge in [-0.1, -0.05) is 176 Å². The molecule has 0 N–H and O–H groups in total. The lowest BCUT2D eigenvalue weighted by Gasteiger charge is -2.27. The number of benzene rings is 12. The molecule has 6 aromatic heterocycles. The summed E-state index contributed by atoms with van der Waals surface area (Å²) in [5, 5.41) is 25.5. The molecular formula is C74H40N6OS. The van der Waals surface area contributed by atoms with Crippen molar-refractivity contribution in [1.29, 1.82) is 5.26 Å². The van der Waals surface area contributed by atoms with E-state index in [9.17, 15) is 11.8 Å². The van der Waals surface area contributed by atoms with Gasteiger partial charge in [-0.25, -0.2) is 4.85 Å².